The van der Waals surface area contributed by atoms with Gasteiger partial charge in [0.2, 0.25) is 0 Å². The first-order chi connectivity index (χ1) is 11.5. The predicted octanol–water partition coefficient (Wildman–Crippen LogP) is 3.22. The highest BCUT2D eigenvalue weighted by atomic mass is 19.1. The van der Waals surface area contributed by atoms with Gasteiger partial charge in [0, 0.05) is 29.9 Å². The zero-order chi connectivity index (χ0) is 16.8. The Bertz CT molecular complexity index is 982. The third-order valence-corrected chi connectivity index (χ3v) is 4.38. The van der Waals surface area contributed by atoms with E-state index in [0.717, 1.165) is 16.6 Å². The standard InChI is InChI=1S/C18H17FN4O/c1-10(2)23-18(24)13-7-12(19)8-15-17(13)16(22-23)9-14(21-15)11-3-5-20-6-4-11/h3-8,10,14,21H,9H2,1-2H3. The molecule has 1 atom stereocenters. The number of halogens is 1. The quantitative estimate of drug-likeness (QED) is 0.786. The Morgan fingerprint density at radius 2 is 2.04 bits per heavy atom. The van der Waals surface area contributed by atoms with Gasteiger partial charge >= 0.3 is 0 Å². The zero-order valence-electron chi connectivity index (χ0n) is 13.5. The van der Waals surface area contributed by atoms with Crippen LogP contribution in [0.2, 0.25) is 0 Å². The lowest BCUT2D eigenvalue weighted by Crippen LogP contribution is -2.30. The molecule has 1 aliphatic heterocycles. The Balaban J connectivity index is 1.96. The van der Waals surface area contributed by atoms with Crippen LogP contribution in [-0.4, -0.2) is 14.8 Å². The van der Waals surface area contributed by atoms with Crippen LogP contribution in [0, 0.1) is 5.82 Å². The zero-order valence-corrected chi connectivity index (χ0v) is 13.5. The number of anilines is 1. The van der Waals surface area contributed by atoms with Crippen molar-refractivity contribution in [2.45, 2.75) is 32.4 Å². The summed E-state index contributed by atoms with van der Waals surface area (Å²) < 4.78 is 15.5. The van der Waals surface area contributed by atoms with Crippen LogP contribution < -0.4 is 10.9 Å². The maximum atomic E-state index is 14.1. The van der Waals surface area contributed by atoms with E-state index in [0.29, 0.717) is 17.5 Å². The summed E-state index contributed by atoms with van der Waals surface area (Å²) in [5.74, 6) is -0.426. The SMILES string of the molecule is CC(C)n1nc2c3c(cc(F)cc3c1=O)NC(c1ccncc1)C2. The average molecular weight is 324 g/mol. The van der Waals surface area contributed by atoms with Crippen molar-refractivity contribution >= 4 is 16.5 Å². The molecule has 0 radical (unpaired) electrons. The molecule has 6 heteroatoms. The highest BCUT2D eigenvalue weighted by molar-refractivity contribution is 5.96. The maximum absolute atomic E-state index is 14.1. The van der Waals surface area contributed by atoms with Crippen molar-refractivity contribution in [2.75, 3.05) is 5.32 Å². The molecule has 24 heavy (non-hydrogen) atoms. The average Bonchev–Trinajstić information content (AvgIpc) is 2.57. The van der Waals surface area contributed by atoms with E-state index in [1.165, 1.54) is 16.8 Å². The van der Waals surface area contributed by atoms with Gasteiger partial charge in [-0.05, 0) is 43.7 Å². The molecule has 122 valence electrons. The van der Waals surface area contributed by atoms with E-state index in [2.05, 4.69) is 15.4 Å². The van der Waals surface area contributed by atoms with Gasteiger partial charge in [-0.25, -0.2) is 9.07 Å². The second-order valence-electron chi connectivity index (χ2n) is 6.35. The van der Waals surface area contributed by atoms with E-state index >= 15 is 0 Å². The second-order valence-corrected chi connectivity index (χ2v) is 6.35. The minimum atomic E-state index is -0.426. The lowest BCUT2D eigenvalue weighted by molar-refractivity contribution is 0.494. The monoisotopic (exact) mass is 324 g/mol. The summed E-state index contributed by atoms with van der Waals surface area (Å²) in [6.07, 6.45) is 4.10. The number of hydrogen-bond acceptors (Lipinski definition) is 4. The first kappa shape index (κ1) is 14.8. The Labute approximate surface area is 138 Å². The van der Waals surface area contributed by atoms with Crippen molar-refractivity contribution in [3.8, 4) is 0 Å². The van der Waals surface area contributed by atoms with Crippen LogP contribution in [-0.2, 0) is 6.42 Å². The molecule has 1 aliphatic rings. The fourth-order valence-corrected chi connectivity index (χ4v) is 3.27. The number of nitrogens with zero attached hydrogens (tertiary/aromatic N) is 3. The van der Waals surface area contributed by atoms with Crippen molar-refractivity contribution in [2.24, 2.45) is 0 Å². The molecule has 3 heterocycles. The minimum Gasteiger partial charge on any atom is -0.377 e. The number of aromatic nitrogens is 3. The van der Waals surface area contributed by atoms with Gasteiger partial charge in [0.1, 0.15) is 5.82 Å². The van der Waals surface area contributed by atoms with Crippen molar-refractivity contribution in [1.29, 1.82) is 0 Å². The summed E-state index contributed by atoms with van der Waals surface area (Å²) >= 11 is 0. The summed E-state index contributed by atoms with van der Waals surface area (Å²) in [6, 6.07) is 6.48. The molecule has 2 aromatic heterocycles. The van der Waals surface area contributed by atoms with Gasteiger partial charge in [0.25, 0.3) is 5.56 Å². The van der Waals surface area contributed by atoms with E-state index in [1.807, 2.05) is 26.0 Å². The van der Waals surface area contributed by atoms with E-state index in [4.69, 9.17) is 0 Å². The molecule has 3 aromatic rings. The highest BCUT2D eigenvalue weighted by Gasteiger charge is 2.26. The van der Waals surface area contributed by atoms with Crippen LogP contribution in [0.5, 0.6) is 0 Å². The van der Waals surface area contributed by atoms with E-state index in [-0.39, 0.29) is 17.6 Å². The van der Waals surface area contributed by atoms with Crippen LogP contribution in [0.4, 0.5) is 10.1 Å². The predicted molar refractivity (Wildman–Crippen MR) is 90.7 cm³/mol. The molecule has 0 spiro atoms. The highest BCUT2D eigenvalue weighted by Crippen LogP contribution is 2.36. The molecule has 4 rings (SSSR count). The van der Waals surface area contributed by atoms with Crippen molar-refractivity contribution in [3.05, 3.63) is 64.1 Å². The summed E-state index contributed by atoms with van der Waals surface area (Å²) in [5, 5.41) is 9.01. The fourth-order valence-electron chi connectivity index (χ4n) is 3.27. The van der Waals surface area contributed by atoms with Gasteiger partial charge < -0.3 is 5.32 Å². The van der Waals surface area contributed by atoms with Gasteiger partial charge in [-0.15, -0.1) is 0 Å². The molecular formula is C18H17FN4O. The Morgan fingerprint density at radius 3 is 2.75 bits per heavy atom. The van der Waals surface area contributed by atoms with Crippen LogP contribution in [0.1, 0.15) is 37.2 Å². The van der Waals surface area contributed by atoms with Crippen molar-refractivity contribution < 1.29 is 4.39 Å². The van der Waals surface area contributed by atoms with E-state index in [1.54, 1.807) is 12.4 Å². The Hall–Kier alpha value is -2.76. The second kappa shape index (κ2) is 5.40. The van der Waals surface area contributed by atoms with Gasteiger partial charge in [-0.1, -0.05) is 0 Å². The van der Waals surface area contributed by atoms with Crippen LogP contribution in [0.3, 0.4) is 0 Å². The smallest absolute Gasteiger partial charge is 0.275 e. The van der Waals surface area contributed by atoms with Gasteiger partial charge in [-0.2, -0.15) is 5.10 Å². The Morgan fingerprint density at radius 1 is 1.29 bits per heavy atom. The normalized spacial score (nSPS) is 16.4. The molecule has 0 saturated carbocycles. The molecule has 0 saturated heterocycles. The minimum absolute atomic E-state index is 0.0314. The third kappa shape index (κ3) is 2.26. The molecule has 1 N–H and O–H groups in total. The van der Waals surface area contributed by atoms with Crippen LogP contribution in [0.15, 0.2) is 41.5 Å². The van der Waals surface area contributed by atoms with Crippen molar-refractivity contribution in [3.63, 3.8) is 0 Å². The molecular weight excluding hydrogens is 307 g/mol. The number of pyridine rings is 1. The molecule has 0 bridgehead atoms. The van der Waals surface area contributed by atoms with Gasteiger partial charge in [0.05, 0.1) is 23.2 Å². The number of rotatable bonds is 2. The molecule has 0 aliphatic carbocycles. The number of nitrogens with one attached hydrogen (secondary N) is 1. The van der Waals surface area contributed by atoms with Crippen LogP contribution >= 0.6 is 0 Å². The third-order valence-electron chi connectivity index (χ3n) is 4.38. The lowest BCUT2D eigenvalue weighted by atomic mass is 9.94. The van der Waals surface area contributed by atoms with Crippen molar-refractivity contribution in [1.82, 2.24) is 14.8 Å². The topological polar surface area (TPSA) is 59.8 Å². The largest absolute Gasteiger partial charge is 0.377 e. The summed E-state index contributed by atoms with van der Waals surface area (Å²) in [4.78, 5) is 16.7. The van der Waals surface area contributed by atoms with Gasteiger partial charge in [-0.3, -0.25) is 9.78 Å². The summed E-state index contributed by atoms with van der Waals surface area (Å²) in [5.41, 5.74) is 2.23. The molecule has 0 amide bonds. The lowest BCUT2D eigenvalue weighted by Gasteiger charge is -2.28. The fraction of sp³-hybridized carbons (Fsp3) is 0.278. The first-order valence-corrected chi connectivity index (χ1v) is 7.96. The Kier molecular flexibility index (Phi) is 3.33. The molecule has 5 nitrogen and oxygen atoms in total. The van der Waals surface area contributed by atoms with E-state index < -0.39 is 5.82 Å². The van der Waals surface area contributed by atoms with Gasteiger partial charge in [0.15, 0.2) is 0 Å². The molecule has 1 unspecified atom stereocenters. The molecule has 1 aromatic carbocycles. The molecule has 0 fully saturated rings. The number of hydrogen-bond donors (Lipinski definition) is 1. The number of benzene rings is 1. The first-order valence-electron chi connectivity index (χ1n) is 7.96. The van der Waals surface area contributed by atoms with Crippen LogP contribution in [0.25, 0.3) is 10.8 Å². The summed E-state index contributed by atoms with van der Waals surface area (Å²) in [6.45, 7) is 3.79. The summed E-state index contributed by atoms with van der Waals surface area (Å²) in [7, 11) is 0. The maximum Gasteiger partial charge on any atom is 0.275 e. The van der Waals surface area contributed by atoms with E-state index in [9.17, 15) is 9.18 Å².